The molecule has 0 aliphatic rings. The van der Waals surface area contributed by atoms with Crippen molar-refractivity contribution in [3.05, 3.63) is 68.6 Å². The molecule has 0 bridgehead atoms. The van der Waals surface area contributed by atoms with Crippen LogP contribution in [0.25, 0.3) is 10.9 Å². The van der Waals surface area contributed by atoms with E-state index in [2.05, 4.69) is 4.98 Å². The van der Waals surface area contributed by atoms with E-state index < -0.39 is 33.0 Å². The maximum Gasteiger partial charge on any atom is 0.416 e. The molecule has 0 atom stereocenters. The summed E-state index contributed by atoms with van der Waals surface area (Å²) in [6, 6.07) is 4.93. The van der Waals surface area contributed by atoms with E-state index in [4.69, 9.17) is 0 Å². The number of hydrogen-bond donors (Lipinski definition) is 2. The number of nitrogens with one attached hydrogen (secondary N) is 2. The first-order chi connectivity index (χ1) is 12.5. The maximum atomic E-state index is 13.4. The fourth-order valence-electron chi connectivity index (χ4n) is 2.62. The van der Waals surface area contributed by atoms with Gasteiger partial charge in [0.25, 0.3) is 5.56 Å². The third-order valence-corrected chi connectivity index (χ3v) is 4.22. The van der Waals surface area contributed by atoms with Crippen LogP contribution in [0, 0.1) is 0 Å². The molecule has 0 aliphatic carbocycles. The topological polar surface area (TPSA) is 106 Å². The number of halogens is 3. The molecule has 0 radical (unpaired) electrons. The van der Waals surface area contributed by atoms with Crippen molar-refractivity contribution in [3.63, 3.8) is 0 Å². The molecule has 27 heavy (non-hydrogen) atoms. The number of aromatic amines is 1. The van der Waals surface area contributed by atoms with Crippen molar-refractivity contribution in [2.75, 3.05) is 11.1 Å². The van der Waals surface area contributed by atoms with Gasteiger partial charge in [-0.3, -0.25) is 4.79 Å². The minimum absolute atomic E-state index is 0.171. The second kappa shape index (κ2) is 6.30. The van der Waals surface area contributed by atoms with E-state index in [1.54, 1.807) is 29.4 Å². The Morgan fingerprint density at radius 2 is 1.78 bits per heavy atom. The molecular formula is C15H13F3N4O4S. The molecule has 0 amide bonds. The van der Waals surface area contributed by atoms with E-state index in [0.717, 1.165) is 12.3 Å². The number of nitrogens with zero attached hydrogens (tertiary/aromatic N) is 2. The van der Waals surface area contributed by atoms with Gasteiger partial charge in [-0.25, -0.2) is 18.0 Å². The number of benzene rings is 1. The number of fused-ring (bicyclic) bond motifs is 1. The van der Waals surface area contributed by atoms with E-state index in [1.807, 2.05) is 0 Å². The molecule has 0 saturated heterocycles. The van der Waals surface area contributed by atoms with Gasteiger partial charge in [-0.1, -0.05) is 0 Å². The van der Waals surface area contributed by atoms with Gasteiger partial charge in [0.2, 0.25) is 10.0 Å². The van der Waals surface area contributed by atoms with Crippen LogP contribution in [0.4, 0.5) is 13.2 Å². The highest BCUT2D eigenvalue weighted by Crippen LogP contribution is 2.34. The van der Waals surface area contributed by atoms with Crippen LogP contribution in [0.2, 0.25) is 0 Å². The summed E-state index contributed by atoms with van der Waals surface area (Å²) in [4.78, 5) is 28.2. The molecule has 0 saturated carbocycles. The molecule has 2 N–H and O–H groups in total. The first kappa shape index (κ1) is 18.8. The fourth-order valence-corrected chi connectivity index (χ4v) is 3.12. The quantitative estimate of drug-likeness (QED) is 0.681. The van der Waals surface area contributed by atoms with Gasteiger partial charge in [0.05, 0.1) is 22.7 Å². The Morgan fingerprint density at radius 1 is 1.15 bits per heavy atom. The molecule has 144 valence electrons. The number of alkyl halides is 3. The molecule has 2 aromatic heterocycles. The summed E-state index contributed by atoms with van der Waals surface area (Å²) in [5.74, 6) is 0. The first-order valence-corrected chi connectivity index (χ1v) is 9.32. The van der Waals surface area contributed by atoms with Crippen LogP contribution in [0.15, 0.2) is 46.2 Å². The van der Waals surface area contributed by atoms with Crippen molar-refractivity contribution in [2.45, 2.75) is 12.7 Å². The molecule has 0 aliphatic heterocycles. The predicted octanol–water partition coefficient (Wildman–Crippen LogP) is 1.06. The summed E-state index contributed by atoms with van der Waals surface area (Å²) >= 11 is 0. The standard InChI is InChI=1S/C15H13F3N4O4S/c1-27(25,26)20-22-13(23)10-6-9(8-21-4-2-3-5-21)11(15(16,17)18)7-12(10)19-14(22)24/h2-7,20H,8H2,1H3,(H,19,24). The highest BCUT2D eigenvalue weighted by Gasteiger charge is 2.34. The second-order valence-corrected chi connectivity index (χ2v) is 7.57. The molecule has 2 heterocycles. The summed E-state index contributed by atoms with van der Waals surface area (Å²) in [7, 11) is -3.96. The Kier molecular flexibility index (Phi) is 4.38. The lowest BCUT2D eigenvalue weighted by Crippen LogP contribution is -2.43. The highest BCUT2D eigenvalue weighted by atomic mass is 32.2. The number of aromatic nitrogens is 3. The maximum absolute atomic E-state index is 13.4. The molecule has 0 unspecified atom stereocenters. The van der Waals surface area contributed by atoms with Crippen molar-refractivity contribution in [1.29, 1.82) is 0 Å². The number of rotatable bonds is 4. The summed E-state index contributed by atoms with van der Waals surface area (Å²) in [6.45, 7) is -0.171. The van der Waals surface area contributed by atoms with Crippen molar-refractivity contribution in [3.8, 4) is 0 Å². The fraction of sp³-hybridized carbons (Fsp3) is 0.200. The second-order valence-electron chi connectivity index (χ2n) is 5.84. The van der Waals surface area contributed by atoms with Crippen molar-refractivity contribution in [2.24, 2.45) is 0 Å². The van der Waals surface area contributed by atoms with Gasteiger partial charge >= 0.3 is 11.9 Å². The van der Waals surface area contributed by atoms with E-state index in [1.165, 1.54) is 4.57 Å². The van der Waals surface area contributed by atoms with Crippen LogP contribution >= 0.6 is 0 Å². The van der Waals surface area contributed by atoms with Crippen molar-refractivity contribution < 1.29 is 21.6 Å². The SMILES string of the molecule is CS(=O)(=O)Nn1c(=O)[nH]c2cc(C(F)(F)F)c(Cn3cccc3)cc2c1=O. The highest BCUT2D eigenvalue weighted by molar-refractivity contribution is 7.91. The zero-order valence-electron chi connectivity index (χ0n) is 13.7. The lowest BCUT2D eigenvalue weighted by Gasteiger charge is -2.15. The van der Waals surface area contributed by atoms with E-state index >= 15 is 0 Å². The lowest BCUT2D eigenvalue weighted by molar-refractivity contribution is -0.138. The molecule has 0 spiro atoms. The van der Waals surface area contributed by atoms with Gasteiger partial charge in [0, 0.05) is 18.9 Å². The van der Waals surface area contributed by atoms with Crippen LogP contribution in [-0.4, -0.2) is 28.9 Å². The van der Waals surface area contributed by atoms with E-state index in [-0.39, 0.29) is 27.7 Å². The average Bonchev–Trinajstić information content (AvgIpc) is 3.03. The van der Waals surface area contributed by atoms with Gasteiger partial charge in [0.15, 0.2) is 0 Å². The minimum Gasteiger partial charge on any atom is -0.350 e. The Balaban J connectivity index is 2.29. The molecule has 3 rings (SSSR count). The molecule has 12 heteroatoms. The van der Waals surface area contributed by atoms with Gasteiger partial charge in [-0.05, 0) is 29.8 Å². The van der Waals surface area contributed by atoms with Crippen LogP contribution in [-0.2, 0) is 22.7 Å². The smallest absolute Gasteiger partial charge is 0.350 e. The van der Waals surface area contributed by atoms with Crippen LogP contribution in [0.5, 0.6) is 0 Å². The molecule has 8 nitrogen and oxygen atoms in total. The van der Waals surface area contributed by atoms with E-state index in [0.29, 0.717) is 6.07 Å². The Bertz CT molecular complexity index is 1220. The normalized spacial score (nSPS) is 12.4. The minimum atomic E-state index is -4.71. The van der Waals surface area contributed by atoms with Gasteiger partial charge in [-0.2, -0.15) is 17.8 Å². The largest absolute Gasteiger partial charge is 0.416 e. The van der Waals surface area contributed by atoms with Gasteiger partial charge in [-0.15, -0.1) is 0 Å². The predicted molar refractivity (Wildman–Crippen MR) is 91.6 cm³/mol. The summed E-state index contributed by atoms with van der Waals surface area (Å²) < 4.78 is 64.6. The van der Waals surface area contributed by atoms with Crippen LogP contribution in [0.3, 0.4) is 0 Å². The molecule has 3 aromatic rings. The summed E-state index contributed by atoms with van der Waals surface area (Å²) in [5, 5.41) is -0.263. The summed E-state index contributed by atoms with van der Waals surface area (Å²) in [5.41, 5.74) is -3.85. The van der Waals surface area contributed by atoms with Gasteiger partial charge in [0.1, 0.15) is 0 Å². The first-order valence-electron chi connectivity index (χ1n) is 7.43. The lowest BCUT2D eigenvalue weighted by atomic mass is 10.0. The third-order valence-electron chi connectivity index (χ3n) is 3.70. The number of H-pyrrole nitrogens is 1. The molecule has 1 aromatic carbocycles. The Labute approximate surface area is 149 Å². The monoisotopic (exact) mass is 402 g/mol. The van der Waals surface area contributed by atoms with Crippen molar-refractivity contribution in [1.82, 2.24) is 14.2 Å². The third kappa shape index (κ3) is 3.89. The van der Waals surface area contributed by atoms with Crippen LogP contribution < -0.4 is 16.1 Å². The summed E-state index contributed by atoms with van der Waals surface area (Å²) in [6.07, 6.45) is -0.873. The Morgan fingerprint density at radius 3 is 2.33 bits per heavy atom. The zero-order valence-corrected chi connectivity index (χ0v) is 14.6. The molecular weight excluding hydrogens is 389 g/mol. The van der Waals surface area contributed by atoms with Gasteiger partial charge < -0.3 is 9.55 Å². The average molecular weight is 402 g/mol. The van der Waals surface area contributed by atoms with E-state index in [9.17, 15) is 31.2 Å². The molecule has 0 fully saturated rings. The number of hydrogen-bond acceptors (Lipinski definition) is 4. The van der Waals surface area contributed by atoms with Crippen molar-refractivity contribution >= 4 is 20.9 Å². The Hall–Kier alpha value is -3.02. The van der Waals surface area contributed by atoms with Crippen LogP contribution in [0.1, 0.15) is 11.1 Å². The zero-order chi connectivity index (χ0) is 20.0. The number of sulfonamides is 1.